The summed E-state index contributed by atoms with van der Waals surface area (Å²) >= 11 is 9.26. The number of pyridine rings is 1. The Bertz CT molecular complexity index is 1210. The van der Waals surface area contributed by atoms with Crippen molar-refractivity contribution >= 4 is 61.5 Å². The van der Waals surface area contributed by atoms with Crippen LogP contribution in [-0.2, 0) is 4.74 Å². The molecule has 1 aromatic carbocycles. The van der Waals surface area contributed by atoms with Crippen LogP contribution in [0.15, 0.2) is 64.9 Å². The topological polar surface area (TPSA) is 64.1 Å². The van der Waals surface area contributed by atoms with Crippen LogP contribution in [0.1, 0.15) is 28.5 Å². The van der Waals surface area contributed by atoms with Gasteiger partial charge in [0.25, 0.3) is 5.91 Å². The summed E-state index contributed by atoms with van der Waals surface area (Å²) < 4.78 is 6.48. The molecule has 0 aliphatic heterocycles. The van der Waals surface area contributed by atoms with E-state index >= 15 is 0 Å². The average molecular weight is 472 g/mol. The Balaban J connectivity index is 2.05. The number of aromatic nitrogens is 2. The number of halogens is 1. The summed E-state index contributed by atoms with van der Waals surface area (Å²) in [6.45, 7) is 7.43. The van der Waals surface area contributed by atoms with E-state index in [-0.39, 0.29) is 5.91 Å². The van der Waals surface area contributed by atoms with Gasteiger partial charge in [0.2, 0.25) is 0 Å². The molecule has 0 radical (unpaired) electrons. The Kier molecular flexibility index (Phi) is 7.54. The van der Waals surface area contributed by atoms with Crippen LogP contribution in [0.4, 0.5) is 5.13 Å². The maximum Gasteiger partial charge on any atom is 0.259 e. The van der Waals surface area contributed by atoms with Gasteiger partial charge in [-0.1, -0.05) is 29.5 Å². The normalized spacial score (nSPS) is 12.5. The maximum atomic E-state index is 13.2. The first-order valence-electron chi connectivity index (χ1n) is 9.33. The van der Waals surface area contributed by atoms with Gasteiger partial charge in [0.05, 0.1) is 22.9 Å². The number of ether oxygens (including phenoxy) is 1. The Morgan fingerprint density at radius 1 is 1.32 bits per heavy atom. The quantitative estimate of drug-likeness (QED) is 0.237. The second-order valence-corrected chi connectivity index (χ2v) is 9.10. The van der Waals surface area contributed by atoms with Crippen molar-refractivity contribution < 1.29 is 9.53 Å². The molecule has 0 atom stereocenters. The molecule has 0 saturated heterocycles. The number of allylic oxidation sites excluding steroid dienone is 4. The van der Waals surface area contributed by atoms with E-state index in [1.807, 2.05) is 31.4 Å². The molecule has 0 unspecified atom stereocenters. The molecule has 1 amide bonds. The van der Waals surface area contributed by atoms with Crippen LogP contribution in [0.3, 0.4) is 0 Å². The number of nitrogens with zero attached hydrogens (tertiary/aromatic N) is 2. The highest BCUT2D eigenvalue weighted by Gasteiger charge is 2.19. The molecule has 0 fully saturated rings. The predicted octanol–water partition coefficient (Wildman–Crippen LogP) is 6.66. The fraction of sp³-hybridized carbons (Fsp3) is 0.174. The van der Waals surface area contributed by atoms with Gasteiger partial charge >= 0.3 is 0 Å². The first-order chi connectivity index (χ1) is 14.9. The maximum absolute atomic E-state index is 13.2. The molecule has 2 aromatic heterocycles. The minimum atomic E-state index is -0.315. The molecular weight excluding hydrogens is 450 g/mol. The van der Waals surface area contributed by atoms with E-state index in [0.29, 0.717) is 32.6 Å². The largest absolute Gasteiger partial charge is 0.496 e. The Labute approximate surface area is 194 Å². The first kappa shape index (κ1) is 23.1. The third kappa shape index (κ3) is 5.36. The molecule has 0 spiro atoms. The third-order valence-electron chi connectivity index (χ3n) is 4.41. The Morgan fingerprint density at radius 2 is 2.10 bits per heavy atom. The molecule has 31 heavy (non-hydrogen) atoms. The van der Waals surface area contributed by atoms with Crippen molar-refractivity contribution in [3.63, 3.8) is 0 Å². The highest BCUT2D eigenvalue weighted by Crippen LogP contribution is 2.31. The Hall–Kier alpha value is -2.61. The molecule has 0 bridgehead atoms. The summed E-state index contributed by atoms with van der Waals surface area (Å²) in [7, 11) is 1.55. The van der Waals surface area contributed by atoms with Crippen molar-refractivity contribution in [2.75, 3.05) is 18.7 Å². The number of methoxy groups -OCH3 is 1. The van der Waals surface area contributed by atoms with Gasteiger partial charge in [-0.25, -0.2) is 4.98 Å². The number of thiazole rings is 1. The number of hydrogen-bond donors (Lipinski definition) is 1. The zero-order valence-electron chi connectivity index (χ0n) is 17.7. The lowest BCUT2D eigenvalue weighted by molar-refractivity contribution is 0.102. The lowest BCUT2D eigenvalue weighted by atomic mass is 9.98. The van der Waals surface area contributed by atoms with Gasteiger partial charge in [-0.05, 0) is 56.5 Å². The number of thioether (sulfide) groups is 1. The minimum absolute atomic E-state index is 0.315. The fourth-order valence-electron chi connectivity index (χ4n) is 3.00. The van der Waals surface area contributed by atoms with Crippen LogP contribution < -0.4 is 5.32 Å². The van der Waals surface area contributed by atoms with E-state index in [1.54, 1.807) is 44.1 Å². The number of amides is 1. The van der Waals surface area contributed by atoms with Gasteiger partial charge in [0.15, 0.2) is 5.13 Å². The molecule has 0 saturated carbocycles. The van der Waals surface area contributed by atoms with Gasteiger partial charge in [0, 0.05) is 33.0 Å². The van der Waals surface area contributed by atoms with Crippen LogP contribution in [0.25, 0.3) is 15.8 Å². The number of benzene rings is 1. The van der Waals surface area contributed by atoms with E-state index in [0.717, 1.165) is 20.8 Å². The van der Waals surface area contributed by atoms with Crippen LogP contribution in [0.5, 0.6) is 0 Å². The molecular formula is C23H22ClN3O2S2. The van der Waals surface area contributed by atoms with E-state index in [2.05, 4.69) is 27.9 Å². The molecule has 3 aromatic rings. The van der Waals surface area contributed by atoms with E-state index in [4.69, 9.17) is 16.3 Å². The smallest absolute Gasteiger partial charge is 0.259 e. The number of carbonyl (C=O) groups excluding carboxylic acids is 1. The number of hydrogen-bond acceptors (Lipinski definition) is 6. The predicted molar refractivity (Wildman–Crippen MR) is 132 cm³/mol. The van der Waals surface area contributed by atoms with Crippen molar-refractivity contribution in [1.82, 2.24) is 9.97 Å². The molecule has 0 aliphatic carbocycles. The van der Waals surface area contributed by atoms with E-state index in [1.165, 1.54) is 11.3 Å². The van der Waals surface area contributed by atoms with Gasteiger partial charge in [-0.2, -0.15) is 0 Å². The summed E-state index contributed by atoms with van der Waals surface area (Å²) in [6.07, 6.45) is 6.90. The van der Waals surface area contributed by atoms with E-state index < -0.39 is 0 Å². The SMILES string of the molecule is C=C/C(OC)=C(\C=C(/C)Cl)c1cc(C)ncc1C(=O)Nc1nc2ccc(SC)cc2s1. The summed E-state index contributed by atoms with van der Waals surface area (Å²) in [5, 5.41) is 3.97. The van der Waals surface area contributed by atoms with Crippen molar-refractivity contribution in [2.24, 2.45) is 0 Å². The first-order valence-corrected chi connectivity index (χ1v) is 11.8. The summed E-state index contributed by atoms with van der Waals surface area (Å²) in [6, 6.07) is 7.86. The summed E-state index contributed by atoms with van der Waals surface area (Å²) in [4.78, 5) is 23.2. The van der Waals surface area contributed by atoms with E-state index in [9.17, 15) is 4.79 Å². The van der Waals surface area contributed by atoms with Gasteiger partial charge in [-0.15, -0.1) is 11.8 Å². The number of nitrogens with one attached hydrogen (secondary N) is 1. The standard InChI is InChI=1S/C23H22ClN3O2S2/c1-6-20(29-4)17(9-13(2)24)16-10-14(3)25-12-18(16)22(28)27-23-26-19-8-7-15(30-5)11-21(19)31-23/h6-12H,1H2,2-5H3,(H,26,27,28)/b13-9+,20-17-. The minimum Gasteiger partial charge on any atom is -0.496 e. The molecule has 1 N–H and O–H groups in total. The van der Waals surface area contributed by atoms with Crippen molar-refractivity contribution in [3.05, 3.63) is 76.8 Å². The van der Waals surface area contributed by atoms with Gasteiger partial charge < -0.3 is 4.74 Å². The second kappa shape index (κ2) is 10.1. The Morgan fingerprint density at radius 3 is 2.74 bits per heavy atom. The van der Waals surface area contributed by atoms with Crippen LogP contribution in [0.2, 0.25) is 0 Å². The highest BCUT2D eigenvalue weighted by atomic mass is 35.5. The van der Waals surface area contributed by atoms with Crippen molar-refractivity contribution in [1.29, 1.82) is 0 Å². The van der Waals surface area contributed by atoms with Crippen LogP contribution in [-0.4, -0.2) is 29.2 Å². The van der Waals surface area contributed by atoms with Gasteiger partial charge in [0.1, 0.15) is 5.76 Å². The summed E-state index contributed by atoms with van der Waals surface area (Å²) in [5.41, 5.74) is 3.28. The monoisotopic (exact) mass is 471 g/mol. The lowest BCUT2D eigenvalue weighted by Gasteiger charge is -2.14. The number of anilines is 1. The molecule has 8 heteroatoms. The van der Waals surface area contributed by atoms with Crippen molar-refractivity contribution in [2.45, 2.75) is 18.7 Å². The van der Waals surface area contributed by atoms with Crippen LogP contribution >= 0.6 is 34.7 Å². The summed E-state index contributed by atoms with van der Waals surface area (Å²) in [5.74, 6) is 0.188. The molecule has 5 nitrogen and oxygen atoms in total. The molecule has 3 rings (SSSR count). The average Bonchev–Trinajstić information content (AvgIpc) is 3.14. The number of aryl methyl sites for hydroxylation is 1. The molecule has 160 valence electrons. The second-order valence-electron chi connectivity index (χ2n) is 6.60. The molecule has 0 aliphatic rings. The van der Waals surface area contributed by atoms with Gasteiger partial charge in [-0.3, -0.25) is 15.1 Å². The number of carbonyl (C=O) groups is 1. The zero-order chi connectivity index (χ0) is 22.5. The molecule has 2 heterocycles. The number of rotatable bonds is 7. The lowest BCUT2D eigenvalue weighted by Crippen LogP contribution is -2.15. The zero-order valence-corrected chi connectivity index (χ0v) is 20.0. The highest BCUT2D eigenvalue weighted by molar-refractivity contribution is 7.98. The van der Waals surface area contributed by atoms with Crippen molar-refractivity contribution in [3.8, 4) is 0 Å². The number of fused-ring (bicyclic) bond motifs is 1. The third-order valence-corrected chi connectivity index (χ3v) is 6.17. The fourth-order valence-corrected chi connectivity index (χ4v) is 4.52. The van der Waals surface area contributed by atoms with Crippen LogP contribution in [0, 0.1) is 6.92 Å².